The third-order valence-corrected chi connectivity index (χ3v) is 8.15. The van der Waals surface area contributed by atoms with Gasteiger partial charge in [0.05, 0.1) is 37.7 Å². The standard InChI is InChI=1S/C25H43N5O3/c1-28(12-11-26)15-21-23(19-7-9-25(10-8-19,17-32-2)18-33-3)22-16-29(13-14-30(22)27-21)24(31)20-5-4-6-20/h19-20H,4-18,26H2,1-3H3. The Hall–Kier alpha value is -1.48. The van der Waals surface area contributed by atoms with Crippen LogP contribution >= 0.6 is 0 Å². The van der Waals surface area contributed by atoms with E-state index in [1.807, 2.05) is 0 Å². The molecule has 186 valence electrons. The Balaban J connectivity index is 1.57. The number of methoxy groups -OCH3 is 2. The van der Waals surface area contributed by atoms with Crippen molar-refractivity contribution in [3.8, 4) is 0 Å². The van der Waals surface area contributed by atoms with Gasteiger partial charge in [-0.3, -0.25) is 14.4 Å². The molecule has 1 amide bonds. The van der Waals surface area contributed by atoms with E-state index < -0.39 is 0 Å². The molecule has 8 nitrogen and oxygen atoms in total. The van der Waals surface area contributed by atoms with Crippen molar-refractivity contribution >= 4 is 5.91 Å². The number of aromatic nitrogens is 2. The van der Waals surface area contributed by atoms with Crippen molar-refractivity contribution in [3.63, 3.8) is 0 Å². The van der Waals surface area contributed by atoms with E-state index in [0.29, 0.717) is 24.9 Å². The fourth-order valence-corrected chi connectivity index (χ4v) is 6.10. The van der Waals surface area contributed by atoms with Gasteiger partial charge >= 0.3 is 0 Å². The average molecular weight is 462 g/mol. The molecule has 0 radical (unpaired) electrons. The van der Waals surface area contributed by atoms with Gasteiger partial charge in [-0.2, -0.15) is 5.10 Å². The van der Waals surface area contributed by atoms with E-state index in [0.717, 1.165) is 77.9 Å². The number of hydrogen-bond donors (Lipinski definition) is 1. The van der Waals surface area contributed by atoms with Crippen molar-refractivity contribution in [2.75, 3.05) is 54.1 Å². The van der Waals surface area contributed by atoms with Crippen LogP contribution in [0.4, 0.5) is 0 Å². The van der Waals surface area contributed by atoms with Crippen LogP contribution in [-0.4, -0.2) is 79.6 Å². The molecular formula is C25H43N5O3. The molecule has 2 fully saturated rings. The second-order valence-electron chi connectivity index (χ2n) is 10.6. The molecule has 1 aromatic rings. The van der Waals surface area contributed by atoms with Crippen LogP contribution in [-0.2, 0) is 33.9 Å². The zero-order valence-electron chi connectivity index (χ0n) is 20.9. The van der Waals surface area contributed by atoms with Crippen LogP contribution in [0.2, 0.25) is 0 Å². The summed E-state index contributed by atoms with van der Waals surface area (Å²) in [5.74, 6) is 1.07. The lowest BCUT2D eigenvalue weighted by atomic mass is 9.69. The van der Waals surface area contributed by atoms with Crippen LogP contribution in [0.15, 0.2) is 0 Å². The monoisotopic (exact) mass is 461 g/mol. The summed E-state index contributed by atoms with van der Waals surface area (Å²) in [5, 5.41) is 5.08. The fourth-order valence-electron chi connectivity index (χ4n) is 6.10. The zero-order chi connectivity index (χ0) is 23.4. The van der Waals surface area contributed by atoms with E-state index in [1.165, 1.54) is 23.4 Å². The lowest BCUT2D eigenvalue weighted by Gasteiger charge is -2.40. The van der Waals surface area contributed by atoms with Crippen LogP contribution < -0.4 is 5.73 Å². The molecule has 2 N–H and O–H groups in total. The summed E-state index contributed by atoms with van der Waals surface area (Å²) < 4.78 is 13.3. The topological polar surface area (TPSA) is 85.8 Å². The fraction of sp³-hybridized carbons (Fsp3) is 0.840. The number of likely N-dealkylation sites (N-methyl/N-ethyl adjacent to an activating group) is 1. The van der Waals surface area contributed by atoms with Crippen LogP contribution in [0.1, 0.15) is 67.8 Å². The van der Waals surface area contributed by atoms with Gasteiger partial charge in [0.15, 0.2) is 0 Å². The molecule has 3 aliphatic rings. The Bertz CT molecular complexity index is 790. The molecule has 0 bridgehead atoms. The third-order valence-electron chi connectivity index (χ3n) is 8.15. The van der Waals surface area contributed by atoms with Gasteiger partial charge in [0, 0.05) is 57.3 Å². The van der Waals surface area contributed by atoms with E-state index in [4.69, 9.17) is 20.3 Å². The Labute approximate surface area is 198 Å². The smallest absolute Gasteiger partial charge is 0.226 e. The number of carbonyl (C=O) groups is 1. The molecule has 2 aliphatic carbocycles. The molecule has 33 heavy (non-hydrogen) atoms. The first-order chi connectivity index (χ1) is 16.0. The number of carbonyl (C=O) groups excluding carboxylic acids is 1. The summed E-state index contributed by atoms with van der Waals surface area (Å²) in [4.78, 5) is 17.4. The highest BCUT2D eigenvalue weighted by atomic mass is 16.5. The summed E-state index contributed by atoms with van der Waals surface area (Å²) in [5.41, 5.74) is 9.76. The van der Waals surface area contributed by atoms with E-state index in [9.17, 15) is 4.79 Å². The second kappa shape index (κ2) is 10.8. The molecule has 0 aromatic carbocycles. The number of rotatable bonds is 10. The first-order valence-electron chi connectivity index (χ1n) is 12.7. The van der Waals surface area contributed by atoms with Gasteiger partial charge in [-0.15, -0.1) is 0 Å². The first kappa shape index (κ1) is 24.6. The van der Waals surface area contributed by atoms with Crippen LogP contribution in [0.25, 0.3) is 0 Å². The van der Waals surface area contributed by atoms with Gasteiger partial charge in [0.1, 0.15) is 0 Å². The van der Waals surface area contributed by atoms with E-state index in [-0.39, 0.29) is 11.3 Å². The van der Waals surface area contributed by atoms with Gasteiger partial charge in [-0.25, -0.2) is 0 Å². The van der Waals surface area contributed by atoms with Gasteiger partial charge in [-0.1, -0.05) is 6.42 Å². The third kappa shape index (κ3) is 5.29. The minimum absolute atomic E-state index is 0.107. The summed E-state index contributed by atoms with van der Waals surface area (Å²) in [6.45, 7) is 6.07. The van der Waals surface area contributed by atoms with Crippen molar-refractivity contribution in [1.29, 1.82) is 0 Å². The van der Waals surface area contributed by atoms with Gasteiger partial charge in [0.2, 0.25) is 5.91 Å². The van der Waals surface area contributed by atoms with E-state index in [2.05, 4.69) is 21.5 Å². The number of hydrogen-bond acceptors (Lipinski definition) is 6. The lowest BCUT2D eigenvalue weighted by molar-refractivity contribution is -0.139. The molecule has 1 aromatic heterocycles. The number of ether oxygens (including phenoxy) is 2. The predicted octanol–water partition coefficient (Wildman–Crippen LogP) is 2.35. The Morgan fingerprint density at radius 3 is 2.42 bits per heavy atom. The number of nitrogens with zero attached hydrogens (tertiary/aromatic N) is 4. The van der Waals surface area contributed by atoms with Gasteiger partial charge in [-0.05, 0) is 51.5 Å². The van der Waals surface area contributed by atoms with Crippen molar-refractivity contribution in [1.82, 2.24) is 19.6 Å². The summed E-state index contributed by atoms with van der Waals surface area (Å²) in [7, 11) is 5.69. The predicted molar refractivity (Wildman–Crippen MR) is 128 cm³/mol. The molecule has 4 rings (SSSR count). The normalized spacial score (nSPS) is 21.3. The van der Waals surface area contributed by atoms with E-state index in [1.54, 1.807) is 14.2 Å². The van der Waals surface area contributed by atoms with Crippen LogP contribution in [0, 0.1) is 11.3 Å². The van der Waals surface area contributed by atoms with Crippen LogP contribution in [0.5, 0.6) is 0 Å². The molecule has 1 aliphatic heterocycles. The minimum Gasteiger partial charge on any atom is -0.384 e. The average Bonchev–Trinajstić information content (AvgIpc) is 3.10. The maximum Gasteiger partial charge on any atom is 0.226 e. The summed E-state index contributed by atoms with van der Waals surface area (Å²) in [6.07, 6.45) is 7.70. The molecule has 0 atom stereocenters. The highest BCUT2D eigenvalue weighted by Crippen LogP contribution is 2.46. The largest absolute Gasteiger partial charge is 0.384 e. The number of nitrogens with two attached hydrogens (primary N) is 1. The maximum absolute atomic E-state index is 13.0. The Kier molecular flexibility index (Phi) is 8.10. The molecule has 0 unspecified atom stereocenters. The molecule has 2 saturated carbocycles. The molecule has 8 heteroatoms. The summed E-state index contributed by atoms with van der Waals surface area (Å²) in [6, 6.07) is 0. The number of amides is 1. The van der Waals surface area contributed by atoms with Gasteiger partial charge in [0.25, 0.3) is 0 Å². The highest BCUT2D eigenvalue weighted by molar-refractivity contribution is 5.79. The summed E-state index contributed by atoms with van der Waals surface area (Å²) >= 11 is 0. The zero-order valence-corrected chi connectivity index (χ0v) is 20.9. The van der Waals surface area contributed by atoms with Crippen molar-refractivity contribution in [2.45, 2.75) is 70.5 Å². The quantitative estimate of drug-likeness (QED) is 0.576. The molecule has 2 heterocycles. The molecule has 0 spiro atoms. The Morgan fingerprint density at radius 2 is 1.85 bits per heavy atom. The number of fused-ring (bicyclic) bond motifs is 1. The Morgan fingerprint density at radius 1 is 1.15 bits per heavy atom. The van der Waals surface area contributed by atoms with Crippen LogP contribution in [0.3, 0.4) is 0 Å². The second-order valence-corrected chi connectivity index (χ2v) is 10.6. The van der Waals surface area contributed by atoms with Crippen molar-refractivity contribution in [3.05, 3.63) is 17.0 Å². The minimum atomic E-state index is 0.107. The molecule has 0 saturated heterocycles. The maximum atomic E-state index is 13.0. The SMILES string of the molecule is COCC1(COC)CCC(c2c(CN(C)CCN)nn3c2CN(C(=O)C2CCC2)CC3)CC1. The molecular weight excluding hydrogens is 418 g/mol. The van der Waals surface area contributed by atoms with Crippen molar-refractivity contribution in [2.24, 2.45) is 17.1 Å². The lowest BCUT2D eigenvalue weighted by Crippen LogP contribution is -2.43. The van der Waals surface area contributed by atoms with Crippen molar-refractivity contribution < 1.29 is 14.3 Å². The highest BCUT2D eigenvalue weighted by Gasteiger charge is 2.40. The first-order valence-corrected chi connectivity index (χ1v) is 12.7. The van der Waals surface area contributed by atoms with E-state index >= 15 is 0 Å². The van der Waals surface area contributed by atoms with Gasteiger partial charge < -0.3 is 20.1 Å².